The molecule has 1 aliphatic rings. The predicted molar refractivity (Wildman–Crippen MR) is 93.5 cm³/mol. The number of ether oxygens (including phenoxy) is 1. The Hall–Kier alpha value is -2.35. The molecule has 3 rings (SSSR count). The van der Waals surface area contributed by atoms with Gasteiger partial charge in [-0.1, -0.05) is 48.9 Å². The second-order valence-corrected chi connectivity index (χ2v) is 6.33. The molecular formula is C21H22O2. The molecule has 0 aliphatic heterocycles. The molecule has 1 aliphatic carbocycles. The van der Waals surface area contributed by atoms with Crippen molar-refractivity contribution in [1.82, 2.24) is 0 Å². The van der Waals surface area contributed by atoms with Gasteiger partial charge in [-0.05, 0) is 60.1 Å². The maximum Gasteiger partial charge on any atom is 0.337 e. The molecule has 0 amide bonds. The average molecular weight is 306 g/mol. The fraction of sp³-hybridized carbons (Fsp3) is 0.286. The van der Waals surface area contributed by atoms with E-state index in [0.29, 0.717) is 11.5 Å². The number of carbonyl (C=O) groups excluding carboxylic acids is 1. The number of aryl methyl sites for hydroxylation is 2. The smallest absolute Gasteiger partial charge is 0.337 e. The highest BCUT2D eigenvalue weighted by Crippen LogP contribution is 2.33. The number of hydrogen-bond acceptors (Lipinski definition) is 2. The van der Waals surface area contributed by atoms with Gasteiger partial charge in [-0.15, -0.1) is 0 Å². The standard InChI is InChI=1S/C21H22O2/c1-14-4-7-16(8-5-14)20-12-15(2)6-9-17-13-18(21(22)23-3)10-11-19(17)20/h4-5,7-8,10-13,15H,6,9H2,1-3H3. The Morgan fingerprint density at radius 1 is 1.13 bits per heavy atom. The summed E-state index contributed by atoms with van der Waals surface area (Å²) >= 11 is 0. The van der Waals surface area contributed by atoms with Gasteiger partial charge >= 0.3 is 5.97 Å². The van der Waals surface area contributed by atoms with Crippen LogP contribution in [0.5, 0.6) is 0 Å². The minimum absolute atomic E-state index is 0.272. The van der Waals surface area contributed by atoms with E-state index in [-0.39, 0.29) is 5.97 Å². The Kier molecular flexibility index (Phi) is 4.33. The summed E-state index contributed by atoms with van der Waals surface area (Å²) in [7, 11) is 1.42. The van der Waals surface area contributed by atoms with Crippen molar-refractivity contribution in [1.29, 1.82) is 0 Å². The fourth-order valence-electron chi connectivity index (χ4n) is 3.13. The first-order valence-corrected chi connectivity index (χ1v) is 8.09. The SMILES string of the molecule is COC(=O)c1ccc2c(c1)CCC(C)C=C2c1ccc(C)cc1. The van der Waals surface area contributed by atoms with E-state index < -0.39 is 0 Å². The lowest BCUT2D eigenvalue weighted by Gasteiger charge is -2.13. The molecule has 0 aromatic heterocycles. The van der Waals surface area contributed by atoms with Crippen LogP contribution >= 0.6 is 0 Å². The zero-order chi connectivity index (χ0) is 16.4. The van der Waals surface area contributed by atoms with Gasteiger partial charge in [-0.2, -0.15) is 0 Å². The molecule has 2 heteroatoms. The van der Waals surface area contributed by atoms with Crippen molar-refractivity contribution >= 4 is 11.5 Å². The molecule has 0 saturated carbocycles. The third-order valence-electron chi connectivity index (χ3n) is 4.50. The molecule has 0 radical (unpaired) electrons. The van der Waals surface area contributed by atoms with E-state index in [1.807, 2.05) is 12.1 Å². The van der Waals surface area contributed by atoms with Crippen molar-refractivity contribution in [2.24, 2.45) is 5.92 Å². The van der Waals surface area contributed by atoms with Crippen LogP contribution in [0.25, 0.3) is 5.57 Å². The minimum Gasteiger partial charge on any atom is -0.465 e. The molecule has 0 heterocycles. The lowest BCUT2D eigenvalue weighted by Crippen LogP contribution is -2.03. The van der Waals surface area contributed by atoms with Crippen LogP contribution in [-0.4, -0.2) is 13.1 Å². The molecule has 0 saturated heterocycles. The van der Waals surface area contributed by atoms with Gasteiger partial charge in [-0.3, -0.25) is 0 Å². The van der Waals surface area contributed by atoms with Gasteiger partial charge in [0.2, 0.25) is 0 Å². The van der Waals surface area contributed by atoms with Crippen molar-refractivity contribution in [2.45, 2.75) is 26.7 Å². The largest absolute Gasteiger partial charge is 0.465 e. The Labute approximate surface area is 137 Å². The van der Waals surface area contributed by atoms with Gasteiger partial charge in [0.15, 0.2) is 0 Å². The van der Waals surface area contributed by atoms with E-state index in [1.165, 1.54) is 34.9 Å². The first-order valence-electron chi connectivity index (χ1n) is 8.09. The van der Waals surface area contributed by atoms with Crippen molar-refractivity contribution < 1.29 is 9.53 Å². The Morgan fingerprint density at radius 2 is 1.87 bits per heavy atom. The summed E-state index contributed by atoms with van der Waals surface area (Å²) in [4.78, 5) is 11.8. The van der Waals surface area contributed by atoms with Crippen molar-refractivity contribution in [2.75, 3.05) is 7.11 Å². The maximum atomic E-state index is 11.8. The second kappa shape index (κ2) is 6.41. The predicted octanol–water partition coefficient (Wildman–Crippen LogP) is 4.80. The van der Waals surface area contributed by atoms with Gasteiger partial charge in [0.1, 0.15) is 0 Å². The third-order valence-corrected chi connectivity index (χ3v) is 4.50. The van der Waals surface area contributed by atoms with Crippen molar-refractivity contribution in [3.05, 3.63) is 76.4 Å². The topological polar surface area (TPSA) is 26.3 Å². The molecular weight excluding hydrogens is 284 g/mol. The van der Waals surface area contributed by atoms with Gasteiger partial charge in [0.25, 0.3) is 0 Å². The van der Waals surface area contributed by atoms with Gasteiger partial charge in [-0.25, -0.2) is 4.79 Å². The summed E-state index contributed by atoms with van der Waals surface area (Å²) in [5.74, 6) is 0.242. The lowest BCUT2D eigenvalue weighted by atomic mass is 9.92. The van der Waals surface area contributed by atoms with Gasteiger partial charge in [0.05, 0.1) is 12.7 Å². The Morgan fingerprint density at radius 3 is 2.57 bits per heavy atom. The molecule has 2 aromatic carbocycles. The van der Waals surface area contributed by atoms with Crippen LogP contribution in [0, 0.1) is 12.8 Å². The Bertz CT molecular complexity index is 754. The number of methoxy groups -OCH3 is 1. The van der Waals surface area contributed by atoms with Crippen LogP contribution < -0.4 is 0 Å². The fourth-order valence-corrected chi connectivity index (χ4v) is 3.13. The van der Waals surface area contributed by atoms with Crippen LogP contribution in [-0.2, 0) is 11.2 Å². The summed E-state index contributed by atoms with van der Waals surface area (Å²) < 4.78 is 4.85. The molecule has 2 aromatic rings. The van der Waals surface area contributed by atoms with Crippen LogP contribution in [0.1, 0.15) is 46.0 Å². The monoisotopic (exact) mass is 306 g/mol. The zero-order valence-corrected chi connectivity index (χ0v) is 13.9. The molecule has 1 atom stereocenters. The molecule has 1 unspecified atom stereocenters. The van der Waals surface area contributed by atoms with Crippen LogP contribution in [0.3, 0.4) is 0 Å². The highest BCUT2D eigenvalue weighted by atomic mass is 16.5. The summed E-state index contributed by atoms with van der Waals surface area (Å²) in [6.07, 6.45) is 4.43. The zero-order valence-electron chi connectivity index (χ0n) is 13.9. The lowest BCUT2D eigenvalue weighted by molar-refractivity contribution is 0.0600. The number of esters is 1. The highest BCUT2D eigenvalue weighted by Gasteiger charge is 2.18. The molecule has 2 nitrogen and oxygen atoms in total. The molecule has 23 heavy (non-hydrogen) atoms. The summed E-state index contributed by atoms with van der Waals surface area (Å²) in [5, 5.41) is 0. The first kappa shape index (κ1) is 15.5. The van der Waals surface area contributed by atoms with E-state index in [1.54, 1.807) is 0 Å². The highest BCUT2D eigenvalue weighted by molar-refractivity contribution is 5.91. The van der Waals surface area contributed by atoms with Crippen molar-refractivity contribution in [3.8, 4) is 0 Å². The number of carbonyl (C=O) groups is 1. The minimum atomic E-state index is -0.272. The van der Waals surface area contributed by atoms with Crippen LogP contribution in [0.2, 0.25) is 0 Å². The van der Waals surface area contributed by atoms with Crippen molar-refractivity contribution in [3.63, 3.8) is 0 Å². The molecule has 118 valence electrons. The number of fused-ring (bicyclic) bond motifs is 1. The van der Waals surface area contributed by atoms with E-state index in [0.717, 1.165) is 12.8 Å². The molecule has 0 fully saturated rings. The van der Waals surface area contributed by atoms with E-state index >= 15 is 0 Å². The van der Waals surface area contributed by atoms with E-state index in [4.69, 9.17) is 4.74 Å². The summed E-state index contributed by atoms with van der Waals surface area (Å²) in [6, 6.07) is 14.6. The first-order chi connectivity index (χ1) is 11.1. The van der Waals surface area contributed by atoms with Gasteiger partial charge in [0, 0.05) is 0 Å². The quantitative estimate of drug-likeness (QED) is 0.745. The molecule has 0 bridgehead atoms. The van der Waals surface area contributed by atoms with E-state index in [2.05, 4.69) is 50.3 Å². The van der Waals surface area contributed by atoms with Gasteiger partial charge < -0.3 is 4.74 Å². The third kappa shape index (κ3) is 3.21. The number of benzene rings is 2. The summed E-state index contributed by atoms with van der Waals surface area (Å²) in [6.45, 7) is 4.35. The Balaban J connectivity index is 2.10. The summed E-state index contributed by atoms with van der Waals surface area (Å²) in [5.41, 5.74) is 6.84. The number of rotatable bonds is 2. The molecule has 0 spiro atoms. The average Bonchev–Trinajstić information content (AvgIpc) is 2.74. The maximum absolute atomic E-state index is 11.8. The number of hydrogen-bond donors (Lipinski definition) is 0. The van der Waals surface area contributed by atoms with Crippen LogP contribution in [0.15, 0.2) is 48.5 Å². The van der Waals surface area contributed by atoms with E-state index in [9.17, 15) is 4.79 Å². The number of allylic oxidation sites excluding steroid dienone is 1. The second-order valence-electron chi connectivity index (χ2n) is 6.33. The normalized spacial score (nSPS) is 17.0. The molecule has 0 N–H and O–H groups in total. The van der Waals surface area contributed by atoms with Crippen LogP contribution in [0.4, 0.5) is 0 Å².